The SMILES string of the molecule is CCCCOc1ccccc1C(=O)Nc1cccc(NC(=O)CC)c1. The molecule has 0 aliphatic heterocycles. The van der Waals surface area contributed by atoms with Crippen LogP contribution in [0.5, 0.6) is 5.75 Å². The molecule has 0 fully saturated rings. The zero-order valence-corrected chi connectivity index (χ0v) is 14.7. The highest BCUT2D eigenvalue weighted by molar-refractivity contribution is 6.06. The molecule has 0 aromatic heterocycles. The molecule has 0 spiro atoms. The number of hydrogen-bond donors (Lipinski definition) is 2. The van der Waals surface area contributed by atoms with Crippen molar-refractivity contribution in [1.82, 2.24) is 0 Å². The minimum atomic E-state index is -0.244. The largest absolute Gasteiger partial charge is 0.493 e. The molecule has 0 atom stereocenters. The molecule has 0 bridgehead atoms. The Bertz CT molecular complexity index is 728. The maximum absolute atomic E-state index is 12.6. The molecule has 0 heterocycles. The predicted molar refractivity (Wildman–Crippen MR) is 100 cm³/mol. The van der Waals surface area contributed by atoms with E-state index in [9.17, 15) is 9.59 Å². The Labute approximate surface area is 148 Å². The van der Waals surface area contributed by atoms with Crippen LogP contribution in [0.15, 0.2) is 48.5 Å². The molecule has 2 aromatic rings. The zero-order valence-electron chi connectivity index (χ0n) is 14.7. The Morgan fingerprint density at radius 1 is 0.960 bits per heavy atom. The highest BCUT2D eigenvalue weighted by atomic mass is 16.5. The van der Waals surface area contributed by atoms with E-state index in [4.69, 9.17) is 4.74 Å². The molecule has 5 nitrogen and oxygen atoms in total. The number of benzene rings is 2. The summed E-state index contributed by atoms with van der Waals surface area (Å²) in [6.45, 7) is 4.46. The maximum Gasteiger partial charge on any atom is 0.259 e. The second kappa shape index (κ2) is 9.47. The quantitative estimate of drug-likeness (QED) is 0.697. The Kier molecular flexibility index (Phi) is 7.01. The van der Waals surface area contributed by atoms with Crippen LogP contribution >= 0.6 is 0 Å². The van der Waals surface area contributed by atoms with Crippen LogP contribution in [0, 0.1) is 0 Å². The first kappa shape index (κ1) is 18.5. The van der Waals surface area contributed by atoms with Gasteiger partial charge >= 0.3 is 0 Å². The lowest BCUT2D eigenvalue weighted by atomic mass is 10.1. The third-order valence-corrected chi connectivity index (χ3v) is 3.61. The standard InChI is InChI=1S/C20H24N2O3/c1-3-5-13-25-18-12-7-6-11-17(18)20(24)22-16-10-8-9-15(14-16)21-19(23)4-2/h6-12,14H,3-5,13H2,1-2H3,(H,21,23)(H,22,24). The van der Waals surface area contributed by atoms with Crippen LogP contribution in [0.3, 0.4) is 0 Å². The number of hydrogen-bond acceptors (Lipinski definition) is 3. The summed E-state index contributed by atoms with van der Waals surface area (Å²) in [5, 5.41) is 5.63. The maximum atomic E-state index is 12.6. The number of nitrogens with one attached hydrogen (secondary N) is 2. The number of amides is 2. The van der Waals surface area contributed by atoms with Gasteiger partial charge in [0.2, 0.25) is 5.91 Å². The molecular formula is C20H24N2O3. The molecule has 0 radical (unpaired) electrons. The summed E-state index contributed by atoms with van der Waals surface area (Å²) in [4.78, 5) is 24.1. The van der Waals surface area contributed by atoms with Crippen molar-refractivity contribution in [3.8, 4) is 5.75 Å². The van der Waals surface area contributed by atoms with E-state index in [0.29, 0.717) is 35.7 Å². The Morgan fingerprint density at radius 3 is 2.40 bits per heavy atom. The van der Waals surface area contributed by atoms with Crippen LogP contribution < -0.4 is 15.4 Å². The number of unbranched alkanes of at least 4 members (excludes halogenated alkanes) is 1. The third kappa shape index (κ3) is 5.64. The normalized spacial score (nSPS) is 10.2. The van der Waals surface area contributed by atoms with Crippen LogP contribution in [0.25, 0.3) is 0 Å². The van der Waals surface area contributed by atoms with Crippen molar-refractivity contribution >= 4 is 23.2 Å². The molecular weight excluding hydrogens is 316 g/mol. The Balaban J connectivity index is 2.09. The molecule has 0 unspecified atom stereocenters. The molecule has 2 aromatic carbocycles. The minimum absolute atomic E-state index is 0.0712. The van der Waals surface area contributed by atoms with Crippen molar-refractivity contribution in [2.75, 3.05) is 17.2 Å². The van der Waals surface area contributed by atoms with Gasteiger partial charge in [0.1, 0.15) is 5.75 Å². The van der Waals surface area contributed by atoms with Gasteiger partial charge in [-0.2, -0.15) is 0 Å². The average molecular weight is 340 g/mol. The second-order valence-electron chi connectivity index (χ2n) is 5.63. The van der Waals surface area contributed by atoms with Crippen molar-refractivity contribution in [1.29, 1.82) is 0 Å². The van der Waals surface area contributed by atoms with E-state index in [1.165, 1.54) is 0 Å². The monoisotopic (exact) mass is 340 g/mol. The molecule has 2 rings (SSSR count). The van der Waals surface area contributed by atoms with Gasteiger partial charge in [-0.1, -0.05) is 38.5 Å². The minimum Gasteiger partial charge on any atom is -0.493 e. The molecule has 2 amide bonds. The van der Waals surface area contributed by atoms with Crippen molar-refractivity contribution < 1.29 is 14.3 Å². The highest BCUT2D eigenvalue weighted by Crippen LogP contribution is 2.21. The van der Waals surface area contributed by atoms with Gasteiger partial charge in [-0.3, -0.25) is 9.59 Å². The Morgan fingerprint density at radius 2 is 1.68 bits per heavy atom. The molecule has 2 N–H and O–H groups in total. The number of carbonyl (C=O) groups excluding carboxylic acids is 2. The topological polar surface area (TPSA) is 67.4 Å². The van der Waals surface area contributed by atoms with E-state index < -0.39 is 0 Å². The summed E-state index contributed by atoms with van der Waals surface area (Å²) >= 11 is 0. The van der Waals surface area contributed by atoms with Crippen LogP contribution in [0.4, 0.5) is 11.4 Å². The molecule has 132 valence electrons. The first-order valence-corrected chi connectivity index (χ1v) is 8.57. The summed E-state index contributed by atoms with van der Waals surface area (Å²) in [6.07, 6.45) is 2.37. The number of para-hydroxylation sites is 1. The van der Waals surface area contributed by atoms with Crippen LogP contribution in [-0.4, -0.2) is 18.4 Å². The van der Waals surface area contributed by atoms with Gasteiger partial charge in [-0.15, -0.1) is 0 Å². The lowest BCUT2D eigenvalue weighted by Crippen LogP contribution is -2.14. The molecule has 0 saturated carbocycles. The number of rotatable bonds is 8. The van der Waals surface area contributed by atoms with Crippen LogP contribution in [0.1, 0.15) is 43.5 Å². The Hall–Kier alpha value is -2.82. The van der Waals surface area contributed by atoms with Crippen molar-refractivity contribution in [2.45, 2.75) is 33.1 Å². The number of carbonyl (C=O) groups is 2. The first-order valence-electron chi connectivity index (χ1n) is 8.57. The highest BCUT2D eigenvalue weighted by Gasteiger charge is 2.12. The predicted octanol–water partition coefficient (Wildman–Crippen LogP) is 4.47. The van der Waals surface area contributed by atoms with E-state index in [-0.39, 0.29) is 11.8 Å². The molecule has 0 aliphatic carbocycles. The average Bonchev–Trinajstić information content (AvgIpc) is 2.62. The van der Waals surface area contributed by atoms with Crippen molar-refractivity contribution in [3.05, 3.63) is 54.1 Å². The van der Waals surface area contributed by atoms with Gasteiger partial charge in [0.05, 0.1) is 12.2 Å². The lowest BCUT2D eigenvalue weighted by Gasteiger charge is -2.12. The van der Waals surface area contributed by atoms with E-state index in [1.807, 2.05) is 6.07 Å². The van der Waals surface area contributed by atoms with Gasteiger partial charge in [-0.25, -0.2) is 0 Å². The third-order valence-electron chi connectivity index (χ3n) is 3.61. The van der Waals surface area contributed by atoms with E-state index in [0.717, 1.165) is 12.8 Å². The van der Waals surface area contributed by atoms with Gasteiger partial charge in [0, 0.05) is 17.8 Å². The second-order valence-corrected chi connectivity index (χ2v) is 5.63. The van der Waals surface area contributed by atoms with E-state index in [1.54, 1.807) is 49.4 Å². The fourth-order valence-electron chi connectivity index (χ4n) is 2.23. The fourth-order valence-corrected chi connectivity index (χ4v) is 2.23. The van der Waals surface area contributed by atoms with Gasteiger partial charge in [0.15, 0.2) is 0 Å². The fraction of sp³-hybridized carbons (Fsp3) is 0.300. The van der Waals surface area contributed by atoms with Crippen LogP contribution in [-0.2, 0) is 4.79 Å². The smallest absolute Gasteiger partial charge is 0.259 e. The van der Waals surface area contributed by atoms with Gasteiger partial charge in [-0.05, 0) is 36.8 Å². The molecule has 5 heteroatoms. The summed E-state index contributed by atoms with van der Waals surface area (Å²) in [6, 6.07) is 14.3. The van der Waals surface area contributed by atoms with Gasteiger partial charge < -0.3 is 15.4 Å². The molecule has 25 heavy (non-hydrogen) atoms. The van der Waals surface area contributed by atoms with E-state index >= 15 is 0 Å². The van der Waals surface area contributed by atoms with Crippen molar-refractivity contribution in [2.24, 2.45) is 0 Å². The molecule has 0 aliphatic rings. The first-order chi connectivity index (χ1) is 12.1. The van der Waals surface area contributed by atoms with Gasteiger partial charge in [0.25, 0.3) is 5.91 Å². The molecule has 0 saturated heterocycles. The number of ether oxygens (including phenoxy) is 1. The summed E-state index contributed by atoms with van der Waals surface area (Å²) in [7, 11) is 0. The zero-order chi connectivity index (χ0) is 18.1. The van der Waals surface area contributed by atoms with Crippen molar-refractivity contribution in [3.63, 3.8) is 0 Å². The van der Waals surface area contributed by atoms with Crippen LogP contribution in [0.2, 0.25) is 0 Å². The summed E-state index contributed by atoms with van der Waals surface area (Å²) < 4.78 is 5.71. The summed E-state index contributed by atoms with van der Waals surface area (Å²) in [5.74, 6) is 0.258. The number of anilines is 2. The lowest BCUT2D eigenvalue weighted by molar-refractivity contribution is -0.115. The van der Waals surface area contributed by atoms with E-state index in [2.05, 4.69) is 17.6 Å². The summed E-state index contributed by atoms with van der Waals surface area (Å²) in [5.41, 5.74) is 1.75.